The van der Waals surface area contributed by atoms with Crippen LogP contribution >= 0.6 is 0 Å². The van der Waals surface area contributed by atoms with Crippen LogP contribution in [-0.4, -0.2) is 18.6 Å². The van der Waals surface area contributed by atoms with E-state index in [4.69, 9.17) is 10.5 Å². The standard InChI is InChI=1S/C14H18N2O/c1-10(9-15)7-14-13-4-3-12(17-2)8-11(13)5-6-16-14/h3-6,8,10H,7,9,15H2,1-2H3. The molecule has 2 N–H and O–H groups in total. The highest BCUT2D eigenvalue weighted by atomic mass is 16.5. The average Bonchev–Trinajstić information content (AvgIpc) is 2.38. The summed E-state index contributed by atoms with van der Waals surface area (Å²) in [5.74, 6) is 1.33. The third-order valence-electron chi connectivity index (χ3n) is 3.00. The Kier molecular flexibility index (Phi) is 3.59. The zero-order valence-corrected chi connectivity index (χ0v) is 10.3. The average molecular weight is 230 g/mol. The molecule has 3 heteroatoms. The Balaban J connectivity index is 2.43. The van der Waals surface area contributed by atoms with Gasteiger partial charge in [-0.25, -0.2) is 0 Å². The number of pyridine rings is 1. The Labute approximate surface area is 102 Å². The monoisotopic (exact) mass is 230 g/mol. The lowest BCUT2D eigenvalue weighted by atomic mass is 10.0. The van der Waals surface area contributed by atoms with Crippen LogP contribution in [0.5, 0.6) is 5.75 Å². The third-order valence-corrected chi connectivity index (χ3v) is 3.00. The van der Waals surface area contributed by atoms with Crippen LogP contribution in [0.4, 0.5) is 0 Å². The topological polar surface area (TPSA) is 48.1 Å². The molecule has 90 valence electrons. The minimum Gasteiger partial charge on any atom is -0.497 e. The lowest BCUT2D eigenvalue weighted by Crippen LogP contribution is -2.13. The van der Waals surface area contributed by atoms with Gasteiger partial charge in [-0.3, -0.25) is 4.98 Å². The van der Waals surface area contributed by atoms with Crippen molar-refractivity contribution in [2.45, 2.75) is 13.3 Å². The Bertz CT molecular complexity index is 511. The Morgan fingerprint density at radius 3 is 2.88 bits per heavy atom. The fraction of sp³-hybridized carbons (Fsp3) is 0.357. The van der Waals surface area contributed by atoms with Crippen molar-refractivity contribution in [2.75, 3.05) is 13.7 Å². The maximum atomic E-state index is 5.66. The molecule has 2 rings (SSSR count). The van der Waals surface area contributed by atoms with Gasteiger partial charge in [0.1, 0.15) is 5.75 Å². The normalized spacial score (nSPS) is 12.6. The summed E-state index contributed by atoms with van der Waals surface area (Å²) in [6, 6.07) is 8.09. The number of nitrogens with two attached hydrogens (primary N) is 1. The largest absolute Gasteiger partial charge is 0.497 e. The molecule has 0 aliphatic heterocycles. The molecule has 1 aromatic heterocycles. The smallest absolute Gasteiger partial charge is 0.119 e. The number of methoxy groups -OCH3 is 1. The van der Waals surface area contributed by atoms with Gasteiger partial charge in [0, 0.05) is 17.3 Å². The van der Waals surface area contributed by atoms with E-state index in [9.17, 15) is 0 Å². The first-order valence-corrected chi connectivity index (χ1v) is 5.86. The number of nitrogens with zero attached hydrogens (tertiary/aromatic N) is 1. The number of benzene rings is 1. The zero-order valence-electron chi connectivity index (χ0n) is 10.3. The second-order valence-electron chi connectivity index (χ2n) is 4.39. The van der Waals surface area contributed by atoms with E-state index in [1.54, 1.807) is 7.11 Å². The minimum atomic E-state index is 0.454. The van der Waals surface area contributed by atoms with Gasteiger partial charge in [-0.15, -0.1) is 0 Å². The van der Waals surface area contributed by atoms with Crippen molar-refractivity contribution in [3.8, 4) is 5.75 Å². The van der Waals surface area contributed by atoms with E-state index < -0.39 is 0 Å². The second-order valence-corrected chi connectivity index (χ2v) is 4.39. The Hall–Kier alpha value is -1.61. The SMILES string of the molecule is COc1ccc2c(CC(C)CN)nccc2c1. The molecule has 1 aromatic carbocycles. The van der Waals surface area contributed by atoms with Crippen molar-refractivity contribution >= 4 is 10.8 Å². The van der Waals surface area contributed by atoms with Crippen molar-refractivity contribution in [1.82, 2.24) is 4.98 Å². The van der Waals surface area contributed by atoms with Crippen LogP contribution in [-0.2, 0) is 6.42 Å². The molecule has 0 aliphatic rings. The zero-order chi connectivity index (χ0) is 12.3. The van der Waals surface area contributed by atoms with E-state index in [0.717, 1.165) is 17.9 Å². The van der Waals surface area contributed by atoms with Gasteiger partial charge in [-0.2, -0.15) is 0 Å². The summed E-state index contributed by atoms with van der Waals surface area (Å²) in [6.07, 6.45) is 2.76. The first-order valence-electron chi connectivity index (χ1n) is 5.86. The molecule has 0 radical (unpaired) electrons. The highest BCUT2D eigenvalue weighted by Gasteiger charge is 2.07. The van der Waals surface area contributed by atoms with Crippen LogP contribution in [0.2, 0.25) is 0 Å². The van der Waals surface area contributed by atoms with E-state index in [1.165, 1.54) is 10.8 Å². The third kappa shape index (κ3) is 2.56. The van der Waals surface area contributed by atoms with Gasteiger partial charge < -0.3 is 10.5 Å². The molecule has 1 unspecified atom stereocenters. The first-order chi connectivity index (χ1) is 8.24. The number of rotatable bonds is 4. The van der Waals surface area contributed by atoms with Crippen LogP contribution in [0.1, 0.15) is 12.6 Å². The highest BCUT2D eigenvalue weighted by molar-refractivity contribution is 5.85. The van der Waals surface area contributed by atoms with Crippen molar-refractivity contribution < 1.29 is 4.74 Å². The number of ether oxygens (including phenoxy) is 1. The summed E-state index contributed by atoms with van der Waals surface area (Å²) in [7, 11) is 1.68. The fourth-order valence-electron chi connectivity index (χ4n) is 1.92. The highest BCUT2D eigenvalue weighted by Crippen LogP contribution is 2.23. The maximum Gasteiger partial charge on any atom is 0.119 e. The van der Waals surface area contributed by atoms with Crippen LogP contribution in [0.15, 0.2) is 30.5 Å². The second kappa shape index (κ2) is 5.15. The van der Waals surface area contributed by atoms with E-state index >= 15 is 0 Å². The molecular weight excluding hydrogens is 212 g/mol. The van der Waals surface area contributed by atoms with E-state index in [0.29, 0.717) is 12.5 Å². The van der Waals surface area contributed by atoms with Gasteiger partial charge in [0.05, 0.1) is 7.11 Å². The van der Waals surface area contributed by atoms with Crippen LogP contribution < -0.4 is 10.5 Å². The van der Waals surface area contributed by atoms with Crippen molar-refractivity contribution in [3.05, 3.63) is 36.2 Å². The number of hydrogen-bond acceptors (Lipinski definition) is 3. The molecule has 0 saturated heterocycles. The van der Waals surface area contributed by atoms with Crippen LogP contribution in [0.3, 0.4) is 0 Å². The van der Waals surface area contributed by atoms with Gasteiger partial charge in [0.25, 0.3) is 0 Å². The molecule has 0 spiro atoms. The summed E-state index contributed by atoms with van der Waals surface area (Å²) in [5.41, 5.74) is 6.78. The fourth-order valence-corrected chi connectivity index (χ4v) is 1.92. The molecule has 1 heterocycles. The molecule has 3 nitrogen and oxygen atoms in total. The van der Waals surface area contributed by atoms with E-state index in [-0.39, 0.29) is 0 Å². The van der Waals surface area contributed by atoms with Crippen molar-refractivity contribution in [3.63, 3.8) is 0 Å². The van der Waals surface area contributed by atoms with Gasteiger partial charge in [-0.05, 0) is 48.5 Å². The van der Waals surface area contributed by atoms with Crippen LogP contribution in [0, 0.1) is 5.92 Å². The summed E-state index contributed by atoms with van der Waals surface area (Å²) >= 11 is 0. The number of fused-ring (bicyclic) bond motifs is 1. The van der Waals surface area contributed by atoms with Gasteiger partial charge in [0.2, 0.25) is 0 Å². The molecule has 1 atom stereocenters. The lowest BCUT2D eigenvalue weighted by Gasteiger charge is -2.10. The molecule has 0 aliphatic carbocycles. The summed E-state index contributed by atoms with van der Waals surface area (Å²) in [4.78, 5) is 4.45. The van der Waals surface area contributed by atoms with Gasteiger partial charge in [0.15, 0.2) is 0 Å². The quantitative estimate of drug-likeness (QED) is 0.877. The molecule has 0 bridgehead atoms. The molecule has 0 saturated carbocycles. The number of aromatic nitrogens is 1. The van der Waals surface area contributed by atoms with E-state index in [2.05, 4.69) is 18.0 Å². The summed E-state index contributed by atoms with van der Waals surface area (Å²) in [5, 5.41) is 2.35. The van der Waals surface area contributed by atoms with Crippen molar-refractivity contribution in [2.24, 2.45) is 11.7 Å². The number of hydrogen-bond donors (Lipinski definition) is 1. The predicted octanol–water partition coefficient (Wildman–Crippen LogP) is 2.38. The molecule has 0 amide bonds. The molecular formula is C14H18N2O. The molecule has 0 fully saturated rings. The summed E-state index contributed by atoms with van der Waals surface area (Å²) in [6.45, 7) is 2.83. The predicted molar refractivity (Wildman–Crippen MR) is 70.2 cm³/mol. The Morgan fingerprint density at radius 1 is 1.35 bits per heavy atom. The lowest BCUT2D eigenvalue weighted by molar-refractivity contribution is 0.415. The van der Waals surface area contributed by atoms with Gasteiger partial charge in [-0.1, -0.05) is 6.92 Å². The van der Waals surface area contributed by atoms with E-state index in [1.807, 2.05) is 24.4 Å². The summed E-state index contributed by atoms with van der Waals surface area (Å²) < 4.78 is 5.22. The molecule has 17 heavy (non-hydrogen) atoms. The van der Waals surface area contributed by atoms with Crippen LogP contribution in [0.25, 0.3) is 10.8 Å². The van der Waals surface area contributed by atoms with Gasteiger partial charge >= 0.3 is 0 Å². The molecule has 2 aromatic rings. The minimum absolute atomic E-state index is 0.454. The first kappa shape index (κ1) is 11.9. The van der Waals surface area contributed by atoms with Crippen molar-refractivity contribution in [1.29, 1.82) is 0 Å². The Morgan fingerprint density at radius 2 is 2.18 bits per heavy atom. The maximum absolute atomic E-state index is 5.66.